The molecule has 0 bridgehead atoms. The quantitative estimate of drug-likeness (QED) is 0.751. The maximum absolute atomic E-state index is 12.1. The maximum atomic E-state index is 12.1. The lowest BCUT2D eigenvalue weighted by Crippen LogP contribution is -2.37. The summed E-state index contributed by atoms with van der Waals surface area (Å²) in [6.07, 6.45) is 4.48. The van der Waals surface area contributed by atoms with Crippen molar-refractivity contribution < 1.29 is 9.53 Å². The summed E-state index contributed by atoms with van der Waals surface area (Å²) in [7, 11) is 0. The van der Waals surface area contributed by atoms with Crippen molar-refractivity contribution >= 4 is 11.7 Å². The van der Waals surface area contributed by atoms with E-state index in [1.54, 1.807) is 12.4 Å². The van der Waals surface area contributed by atoms with Gasteiger partial charge in [-0.1, -0.05) is 12.1 Å². The number of nitrogens with one attached hydrogen (secondary N) is 3. The molecule has 1 fully saturated rings. The van der Waals surface area contributed by atoms with Gasteiger partial charge in [0.05, 0.1) is 25.5 Å². The van der Waals surface area contributed by atoms with E-state index >= 15 is 0 Å². The lowest BCUT2D eigenvalue weighted by molar-refractivity contribution is 0.0384. The molecule has 1 aromatic heterocycles. The second kappa shape index (κ2) is 8.64. The summed E-state index contributed by atoms with van der Waals surface area (Å²) < 4.78 is 5.36. The van der Waals surface area contributed by atoms with Crippen LogP contribution >= 0.6 is 0 Å². The molecule has 0 spiro atoms. The molecule has 1 aliphatic heterocycles. The molecule has 1 aromatic carbocycles. The van der Waals surface area contributed by atoms with Gasteiger partial charge >= 0.3 is 6.03 Å². The predicted molar refractivity (Wildman–Crippen MR) is 96.6 cm³/mol. The Balaban J connectivity index is 1.44. The molecule has 134 valence electrons. The molecule has 0 radical (unpaired) electrons. The molecule has 2 heterocycles. The zero-order chi connectivity index (χ0) is 17.5. The van der Waals surface area contributed by atoms with Gasteiger partial charge in [0.25, 0.3) is 0 Å². The van der Waals surface area contributed by atoms with E-state index in [4.69, 9.17) is 4.74 Å². The monoisotopic (exact) mass is 343 g/mol. The fourth-order valence-electron chi connectivity index (χ4n) is 2.81. The van der Waals surface area contributed by atoms with E-state index in [-0.39, 0.29) is 12.1 Å². The third-order valence-electron chi connectivity index (χ3n) is 4.40. The number of hydrogen-bond donors (Lipinski definition) is 3. The van der Waals surface area contributed by atoms with Crippen molar-refractivity contribution in [3.8, 4) is 0 Å². The van der Waals surface area contributed by atoms with Gasteiger partial charge in [-0.2, -0.15) is 5.10 Å². The number of morpholine rings is 1. The second-order valence-corrected chi connectivity index (χ2v) is 6.25. The smallest absolute Gasteiger partial charge is 0.319 e. The van der Waals surface area contributed by atoms with Crippen LogP contribution in [0.4, 0.5) is 10.5 Å². The number of ether oxygens (including phenoxy) is 1. The van der Waals surface area contributed by atoms with Crippen molar-refractivity contribution in [2.75, 3.05) is 38.2 Å². The number of aromatic nitrogens is 2. The van der Waals surface area contributed by atoms with Crippen molar-refractivity contribution in [2.45, 2.75) is 19.4 Å². The summed E-state index contributed by atoms with van der Waals surface area (Å²) in [6.45, 7) is 6.63. The van der Waals surface area contributed by atoms with Crippen LogP contribution in [0.5, 0.6) is 0 Å². The first kappa shape index (κ1) is 17.4. The molecule has 3 rings (SSSR count). The Morgan fingerprint density at radius 1 is 1.32 bits per heavy atom. The highest BCUT2D eigenvalue weighted by molar-refractivity contribution is 5.89. The largest absolute Gasteiger partial charge is 0.379 e. The van der Waals surface area contributed by atoms with Gasteiger partial charge in [-0.3, -0.25) is 10.00 Å². The minimum Gasteiger partial charge on any atom is -0.379 e. The Morgan fingerprint density at radius 3 is 2.76 bits per heavy atom. The number of aromatic amines is 1. The number of hydrogen-bond acceptors (Lipinski definition) is 4. The zero-order valence-corrected chi connectivity index (χ0v) is 14.5. The predicted octanol–water partition coefficient (Wildman–Crippen LogP) is 2.17. The third kappa shape index (κ3) is 5.30. The van der Waals surface area contributed by atoms with Crippen LogP contribution in [0.1, 0.15) is 24.1 Å². The molecule has 2 aromatic rings. The van der Waals surface area contributed by atoms with Crippen molar-refractivity contribution in [2.24, 2.45) is 0 Å². The van der Waals surface area contributed by atoms with E-state index < -0.39 is 0 Å². The van der Waals surface area contributed by atoms with Gasteiger partial charge in [0.1, 0.15) is 0 Å². The topological polar surface area (TPSA) is 82.3 Å². The lowest BCUT2D eigenvalue weighted by atomic mass is 10.1. The van der Waals surface area contributed by atoms with Crippen LogP contribution in [-0.4, -0.2) is 54.0 Å². The van der Waals surface area contributed by atoms with Crippen LogP contribution < -0.4 is 10.6 Å². The van der Waals surface area contributed by atoms with Crippen LogP contribution in [0.3, 0.4) is 0 Å². The van der Waals surface area contributed by atoms with Crippen LogP contribution in [0.25, 0.3) is 0 Å². The minimum absolute atomic E-state index is 0.105. The summed E-state index contributed by atoms with van der Waals surface area (Å²) in [4.78, 5) is 14.5. The molecule has 1 unspecified atom stereocenters. The van der Waals surface area contributed by atoms with Gasteiger partial charge in [-0.25, -0.2) is 4.79 Å². The molecule has 7 nitrogen and oxygen atoms in total. The Kier molecular flexibility index (Phi) is 6.03. The Labute approximate surface area is 147 Å². The van der Waals surface area contributed by atoms with E-state index in [1.165, 1.54) is 5.56 Å². The number of benzene rings is 1. The molecule has 0 aliphatic carbocycles. The number of carbonyl (C=O) groups excluding carboxylic acids is 1. The lowest BCUT2D eigenvalue weighted by Gasteiger charge is -2.26. The molecular weight excluding hydrogens is 318 g/mol. The summed E-state index contributed by atoms with van der Waals surface area (Å²) in [5.41, 5.74) is 2.99. The summed E-state index contributed by atoms with van der Waals surface area (Å²) in [5, 5.41) is 12.4. The SMILES string of the molecule is CC(NC(=O)Nc1ccc(CCN2CCOCC2)cc1)c1cn[nH]c1. The number of carbonyl (C=O) groups is 1. The fraction of sp³-hybridized carbons (Fsp3) is 0.444. The number of rotatable bonds is 6. The van der Waals surface area contributed by atoms with E-state index in [0.29, 0.717) is 0 Å². The first-order valence-electron chi connectivity index (χ1n) is 8.66. The second-order valence-electron chi connectivity index (χ2n) is 6.25. The van der Waals surface area contributed by atoms with Gasteiger partial charge in [0.2, 0.25) is 0 Å². The molecular formula is C18H25N5O2. The molecule has 1 atom stereocenters. The molecule has 1 aliphatic rings. The average molecular weight is 343 g/mol. The van der Waals surface area contributed by atoms with E-state index in [1.807, 2.05) is 19.1 Å². The Morgan fingerprint density at radius 2 is 2.08 bits per heavy atom. The highest BCUT2D eigenvalue weighted by Crippen LogP contribution is 2.13. The minimum atomic E-state index is -0.227. The average Bonchev–Trinajstić information content (AvgIpc) is 3.17. The number of amides is 2. The molecule has 0 saturated carbocycles. The molecule has 2 amide bonds. The van der Waals surface area contributed by atoms with Crippen molar-refractivity contribution in [3.63, 3.8) is 0 Å². The Bertz CT molecular complexity index is 651. The van der Waals surface area contributed by atoms with Gasteiger partial charge in [0, 0.05) is 37.1 Å². The van der Waals surface area contributed by atoms with Crippen LogP contribution in [0.2, 0.25) is 0 Å². The van der Waals surface area contributed by atoms with Crippen molar-refractivity contribution in [3.05, 3.63) is 47.8 Å². The van der Waals surface area contributed by atoms with Gasteiger partial charge < -0.3 is 15.4 Å². The third-order valence-corrected chi connectivity index (χ3v) is 4.40. The van der Waals surface area contributed by atoms with Crippen molar-refractivity contribution in [1.29, 1.82) is 0 Å². The van der Waals surface area contributed by atoms with Crippen LogP contribution in [0.15, 0.2) is 36.7 Å². The Hall–Kier alpha value is -2.38. The highest BCUT2D eigenvalue weighted by Gasteiger charge is 2.11. The van der Waals surface area contributed by atoms with E-state index in [2.05, 4.69) is 37.9 Å². The van der Waals surface area contributed by atoms with Crippen LogP contribution in [0, 0.1) is 0 Å². The number of nitrogens with zero attached hydrogens (tertiary/aromatic N) is 2. The number of anilines is 1. The van der Waals surface area contributed by atoms with Crippen molar-refractivity contribution in [1.82, 2.24) is 20.4 Å². The summed E-state index contributed by atoms with van der Waals surface area (Å²) >= 11 is 0. The number of H-pyrrole nitrogens is 1. The first-order chi connectivity index (χ1) is 12.2. The van der Waals surface area contributed by atoms with Gasteiger partial charge in [-0.05, 0) is 31.0 Å². The molecule has 3 N–H and O–H groups in total. The van der Waals surface area contributed by atoms with E-state index in [0.717, 1.165) is 50.5 Å². The van der Waals surface area contributed by atoms with Crippen LogP contribution in [-0.2, 0) is 11.2 Å². The molecule has 7 heteroatoms. The number of urea groups is 1. The molecule has 25 heavy (non-hydrogen) atoms. The highest BCUT2D eigenvalue weighted by atomic mass is 16.5. The normalized spacial score (nSPS) is 16.4. The van der Waals surface area contributed by atoms with Gasteiger partial charge in [0.15, 0.2) is 0 Å². The fourth-order valence-corrected chi connectivity index (χ4v) is 2.81. The summed E-state index contributed by atoms with van der Waals surface area (Å²) in [6, 6.07) is 7.68. The first-order valence-corrected chi connectivity index (χ1v) is 8.66. The summed E-state index contributed by atoms with van der Waals surface area (Å²) in [5.74, 6) is 0. The molecule has 1 saturated heterocycles. The van der Waals surface area contributed by atoms with E-state index in [9.17, 15) is 4.79 Å². The zero-order valence-electron chi connectivity index (χ0n) is 14.5. The maximum Gasteiger partial charge on any atom is 0.319 e. The van der Waals surface area contributed by atoms with Gasteiger partial charge in [-0.15, -0.1) is 0 Å². The standard InChI is InChI=1S/C18H25N5O2/c1-14(16-12-19-20-13-16)21-18(24)22-17-4-2-15(3-5-17)6-7-23-8-10-25-11-9-23/h2-5,12-14H,6-11H2,1H3,(H,19,20)(H2,21,22,24).